The Kier molecular flexibility index (Phi) is 7.65. The van der Waals surface area contributed by atoms with Gasteiger partial charge in [0.15, 0.2) is 0 Å². The van der Waals surface area contributed by atoms with Crippen LogP contribution in [-0.4, -0.2) is 64.9 Å². The normalized spacial score (nSPS) is 24.6. The smallest absolute Gasteiger partial charge is 0.236 e. The van der Waals surface area contributed by atoms with Gasteiger partial charge in [0, 0.05) is 59.3 Å². The van der Waals surface area contributed by atoms with Crippen molar-refractivity contribution < 1.29 is 4.79 Å². The SMILES string of the molecule is O=C(CN1CCSCC1)N1CCC(C2C3=C(C=C(Cl)C=CC3)CCc3cc(Br)cnc32)CC1. The van der Waals surface area contributed by atoms with Crippen LogP contribution in [-0.2, 0) is 11.2 Å². The van der Waals surface area contributed by atoms with Gasteiger partial charge in [-0.25, -0.2) is 0 Å². The van der Waals surface area contributed by atoms with Crippen LogP contribution in [0, 0.1) is 5.92 Å². The number of pyridine rings is 1. The number of aromatic nitrogens is 1. The molecule has 0 spiro atoms. The molecule has 7 heteroatoms. The molecule has 0 saturated carbocycles. The number of nitrogens with zero attached hydrogens (tertiary/aromatic N) is 3. The van der Waals surface area contributed by atoms with Crippen molar-refractivity contribution in [3.63, 3.8) is 0 Å². The van der Waals surface area contributed by atoms with E-state index in [1.54, 1.807) is 0 Å². The van der Waals surface area contributed by atoms with Gasteiger partial charge in [-0.1, -0.05) is 23.3 Å². The zero-order valence-electron chi connectivity index (χ0n) is 18.9. The van der Waals surface area contributed by atoms with Crippen molar-refractivity contribution in [2.45, 2.75) is 38.0 Å². The molecule has 1 unspecified atom stereocenters. The summed E-state index contributed by atoms with van der Waals surface area (Å²) >= 11 is 12.1. The van der Waals surface area contributed by atoms with Crippen LogP contribution in [0.3, 0.4) is 0 Å². The van der Waals surface area contributed by atoms with E-state index in [9.17, 15) is 4.79 Å². The number of allylic oxidation sites excluding steroid dienone is 6. The molecule has 2 aliphatic carbocycles. The molecule has 176 valence electrons. The second kappa shape index (κ2) is 10.7. The van der Waals surface area contributed by atoms with Crippen LogP contribution in [0.4, 0.5) is 0 Å². The Morgan fingerprint density at radius 3 is 2.76 bits per heavy atom. The van der Waals surface area contributed by atoms with Crippen LogP contribution in [0.15, 0.2) is 51.1 Å². The molecule has 0 radical (unpaired) electrons. The molecule has 3 heterocycles. The van der Waals surface area contributed by atoms with Crippen molar-refractivity contribution in [1.82, 2.24) is 14.8 Å². The zero-order chi connectivity index (χ0) is 22.8. The maximum absolute atomic E-state index is 13.0. The molecule has 0 N–H and O–H groups in total. The number of rotatable bonds is 3. The Morgan fingerprint density at radius 1 is 1.18 bits per heavy atom. The molecule has 0 aromatic carbocycles. The van der Waals surface area contributed by atoms with Crippen LogP contribution < -0.4 is 0 Å². The monoisotopic (exact) mass is 547 g/mol. The first-order chi connectivity index (χ1) is 16.1. The van der Waals surface area contributed by atoms with Gasteiger partial charge >= 0.3 is 0 Å². The minimum atomic E-state index is 0.297. The van der Waals surface area contributed by atoms with Crippen LogP contribution in [0.2, 0.25) is 0 Å². The number of fused-ring (bicyclic) bond motifs is 1. The molecule has 4 aliphatic rings. The van der Waals surface area contributed by atoms with Gasteiger partial charge in [-0.15, -0.1) is 0 Å². The largest absolute Gasteiger partial charge is 0.342 e. The van der Waals surface area contributed by atoms with Crippen LogP contribution in [0.1, 0.15) is 42.9 Å². The second-order valence-corrected chi connectivity index (χ2v) is 12.0. The van der Waals surface area contributed by atoms with Crippen molar-refractivity contribution in [3.05, 3.63) is 62.4 Å². The summed E-state index contributed by atoms with van der Waals surface area (Å²) in [5, 5.41) is 0.815. The molecule has 1 aromatic heterocycles. The van der Waals surface area contributed by atoms with Gasteiger partial charge in [-0.05, 0) is 83.3 Å². The van der Waals surface area contributed by atoms with Crippen molar-refractivity contribution in [2.75, 3.05) is 44.2 Å². The lowest BCUT2D eigenvalue weighted by atomic mass is 9.75. The van der Waals surface area contributed by atoms with Crippen molar-refractivity contribution >= 4 is 45.2 Å². The highest BCUT2D eigenvalue weighted by molar-refractivity contribution is 9.10. The Labute approximate surface area is 214 Å². The van der Waals surface area contributed by atoms with Crippen LogP contribution >= 0.6 is 39.3 Å². The highest BCUT2D eigenvalue weighted by Gasteiger charge is 2.36. The Morgan fingerprint density at radius 2 is 1.97 bits per heavy atom. The number of halogens is 2. The van der Waals surface area contributed by atoms with Gasteiger partial charge in [-0.3, -0.25) is 14.7 Å². The topological polar surface area (TPSA) is 36.4 Å². The number of carbonyl (C=O) groups excluding carboxylic acids is 1. The maximum atomic E-state index is 13.0. The molecule has 1 amide bonds. The number of hydrogen-bond donors (Lipinski definition) is 0. The molecule has 5 rings (SSSR count). The summed E-state index contributed by atoms with van der Waals surface area (Å²) in [6.45, 7) is 4.35. The van der Waals surface area contributed by atoms with E-state index < -0.39 is 0 Å². The highest BCUT2D eigenvalue weighted by atomic mass is 79.9. The standard InChI is InChI=1S/C26H31BrClN3OS/c27-21-14-20-5-4-19-15-22(28)2-1-3-23(19)25(26(20)29-16-21)18-6-8-31(9-7-18)24(32)17-30-10-12-33-13-11-30/h1-2,14-16,18,25H,3-13,17H2. The average molecular weight is 549 g/mol. The van der Waals surface area contributed by atoms with E-state index in [0.29, 0.717) is 24.3 Å². The van der Waals surface area contributed by atoms with E-state index in [-0.39, 0.29) is 0 Å². The molecule has 2 aliphatic heterocycles. The average Bonchev–Trinajstić information content (AvgIpc) is 3.09. The predicted molar refractivity (Wildman–Crippen MR) is 141 cm³/mol. The van der Waals surface area contributed by atoms with Gasteiger partial charge in [0.05, 0.1) is 12.2 Å². The Bertz CT molecular complexity index is 993. The van der Waals surface area contributed by atoms with Gasteiger partial charge < -0.3 is 4.90 Å². The van der Waals surface area contributed by atoms with Crippen LogP contribution in [0.25, 0.3) is 0 Å². The molecular weight excluding hydrogens is 518 g/mol. The summed E-state index contributed by atoms with van der Waals surface area (Å²) in [5.74, 6) is 3.38. The molecule has 2 saturated heterocycles. The first kappa shape index (κ1) is 23.7. The number of piperidine rings is 1. The predicted octanol–water partition coefficient (Wildman–Crippen LogP) is 5.54. The van der Waals surface area contributed by atoms with E-state index in [2.05, 4.69) is 43.9 Å². The fourth-order valence-electron chi connectivity index (χ4n) is 5.74. The lowest BCUT2D eigenvalue weighted by molar-refractivity contribution is -0.133. The highest BCUT2D eigenvalue weighted by Crippen LogP contribution is 2.45. The summed E-state index contributed by atoms with van der Waals surface area (Å²) < 4.78 is 1.04. The molecular formula is C26H31BrClN3OS. The molecule has 4 nitrogen and oxygen atoms in total. The summed E-state index contributed by atoms with van der Waals surface area (Å²) in [6, 6.07) is 2.25. The minimum Gasteiger partial charge on any atom is -0.342 e. The summed E-state index contributed by atoms with van der Waals surface area (Å²) in [5.41, 5.74) is 5.44. The molecule has 33 heavy (non-hydrogen) atoms. The first-order valence-corrected chi connectivity index (χ1v) is 14.4. The third kappa shape index (κ3) is 5.44. The van der Waals surface area contributed by atoms with Crippen LogP contribution in [0.5, 0.6) is 0 Å². The van der Waals surface area contributed by atoms with Gasteiger partial charge in [0.1, 0.15) is 0 Å². The van der Waals surface area contributed by atoms with E-state index in [4.69, 9.17) is 16.6 Å². The van der Waals surface area contributed by atoms with E-state index in [1.165, 1.54) is 22.4 Å². The fraction of sp³-hybridized carbons (Fsp3) is 0.538. The number of aryl methyl sites for hydroxylation is 1. The summed E-state index contributed by atoms with van der Waals surface area (Å²) in [4.78, 5) is 22.3. The molecule has 2 fully saturated rings. The quantitative estimate of drug-likeness (QED) is 0.497. The van der Waals surface area contributed by atoms with Crippen molar-refractivity contribution in [2.24, 2.45) is 5.92 Å². The summed E-state index contributed by atoms with van der Waals surface area (Å²) in [6.07, 6.45) is 13.3. The number of likely N-dealkylation sites (tertiary alicyclic amines) is 1. The maximum Gasteiger partial charge on any atom is 0.236 e. The molecule has 0 bridgehead atoms. The Hall–Kier alpha value is -1.08. The zero-order valence-corrected chi connectivity index (χ0v) is 22.1. The molecule has 1 aromatic rings. The van der Waals surface area contributed by atoms with Crippen molar-refractivity contribution in [3.8, 4) is 0 Å². The molecule has 1 atom stereocenters. The fourth-order valence-corrected chi connectivity index (χ4v) is 7.32. The Balaban J connectivity index is 1.36. The van der Waals surface area contributed by atoms with E-state index >= 15 is 0 Å². The van der Waals surface area contributed by atoms with E-state index in [0.717, 1.165) is 79.3 Å². The first-order valence-electron chi connectivity index (χ1n) is 12.1. The third-order valence-electron chi connectivity index (χ3n) is 7.47. The third-order valence-corrected chi connectivity index (χ3v) is 9.08. The second-order valence-electron chi connectivity index (χ2n) is 9.47. The lowest BCUT2D eigenvalue weighted by Gasteiger charge is -2.38. The summed E-state index contributed by atoms with van der Waals surface area (Å²) in [7, 11) is 0. The number of carbonyl (C=O) groups is 1. The van der Waals surface area contributed by atoms with E-state index in [1.807, 2.05) is 24.0 Å². The van der Waals surface area contributed by atoms with Crippen molar-refractivity contribution in [1.29, 1.82) is 0 Å². The lowest BCUT2D eigenvalue weighted by Crippen LogP contribution is -2.46. The number of thioether (sulfide) groups is 1. The van der Waals surface area contributed by atoms with Gasteiger partial charge in [0.2, 0.25) is 5.91 Å². The number of hydrogen-bond acceptors (Lipinski definition) is 4. The van der Waals surface area contributed by atoms with Gasteiger partial charge in [0.25, 0.3) is 0 Å². The van der Waals surface area contributed by atoms with Gasteiger partial charge in [-0.2, -0.15) is 11.8 Å². The number of amides is 1. The minimum absolute atomic E-state index is 0.297.